The zero-order chi connectivity index (χ0) is 16.1. The number of hydrogen-bond donors (Lipinski definition) is 0. The van der Waals surface area contributed by atoms with E-state index in [9.17, 15) is 9.59 Å². The zero-order valence-electron chi connectivity index (χ0n) is 11.9. The number of carbonyl (C=O) groups is 2. The third-order valence-electron chi connectivity index (χ3n) is 2.59. The Bertz CT molecular complexity index is 672. The van der Waals surface area contributed by atoms with Gasteiger partial charge in [0.25, 0.3) is 5.22 Å². The standard InChI is InChI=1S/C14H13BrN2O4S/c1-3-20-13(19)11(8(2)18)22-14-17-16-12(21-14)9-4-6-10(15)7-5-9/h4-7,11H,3H2,1-2H3. The monoisotopic (exact) mass is 384 g/mol. The van der Waals surface area contributed by atoms with E-state index in [4.69, 9.17) is 9.15 Å². The topological polar surface area (TPSA) is 82.3 Å². The van der Waals surface area contributed by atoms with Crippen LogP contribution in [0.25, 0.3) is 11.5 Å². The number of hydrogen-bond acceptors (Lipinski definition) is 7. The van der Waals surface area contributed by atoms with Gasteiger partial charge in [0.2, 0.25) is 5.89 Å². The molecular formula is C14H13BrN2O4S. The number of ether oxygens (including phenoxy) is 1. The summed E-state index contributed by atoms with van der Waals surface area (Å²) in [5.41, 5.74) is 0.748. The second-order valence-corrected chi connectivity index (χ2v) is 6.21. The van der Waals surface area contributed by atoms with Crippen LogP contribution in [0.3, 0.4) is 0 Å². The minimum atomic E-state index is -1.00. The molecule has 0 saturated carbocycles. The van der Waals surface area contributed by atoms with Gasteiger partial charge < -0.3 is 9.15 Å². The van der Waals surface area contributed by atoms with Crippen molar-refractivity contribution in [3.05, 3.63) is 28.7 Å². The summed E-state index contributed by atoms with van der Waals surface area (Å²) in [5, 5.41) is 6.91. The molecule has 1 aromatic carbocycles. The summed E-state index contributed by atoms with van der Waals surface area (Å²) in [6.07, 6.45) is 0. The molecule has 0 N–H and O–H groups in total. The molecule has 0 amide bonds. The second-order valence-electron chi connectivity index (χ2n) is 4.24. The normalized spacial score (nSPS) is 12.0. The van der Waals surface area contributed by atoms with Crippen molar-refractivity contribution in [2.45, 2.75) is 24.3 Å². The summed E-state index contributed by atoms with van der Waals surface area (Å²) in [7, 11) is 0. The van der Waals surface area contributed by atoms with Crippen LogP contribution < -0.4 is 0 Å². The van der Waals surface area contributed by atoms with Gasteiger partial charge in [-0.2, -0.15) is 0 Å². The number of benzene rings is 1. The highest BCUT2D eigenvalue weighted by Crippen LogP contribution is 2.27. The molecule has 0 fully saturated rings. The molecule has 1 unspecified atom stereocenters. The zero-order valence-corrected chi connectivity index (χ0v) is 14.3. The quantitative estimate of drug-likeness (QED) is 0.429. The van der Waals surface area contributed by atoms with Gasteiger partial charge >= 0.3 is 5.97 Å². The first-order valence-corrected chi connectivity index (χ1v) is 8.11. The number of halogens is 1. The molecule has 8 heteroatoms. The smallest absolute Gasteiger partial charge is 0.327 e. The van der Waals surface area contributed by atoms with Crippen molar-refractivity contribution in [3.63, 3.8) is 0 Å². The summed E-state index contributed by atoms with van der Waals surface area (Å²) in [5.74, 6) is -0.614. The van der Waals surface area contributed by atoms with E-state index in [1.807, 2.05) is 24.3 Å². The number of carbonyl (C=O) groups excluding carboxylic acids is 2. The average molecular weight is 385 g/mol. The van der Waals surface area contributed by atoms with E-state index in [-0.39, 0.29) is 17.6 Å². The van der Waals surface area contributed by atoms with Gasteiger partial charge in [-0.15, -0.1) is 10.2 Å². The summed E-state index contributed by atoms with van der Waals surface area (Å²) in [6.45, 7) is 3.20. The van der Waals surface area contributed by atoms with Crippen LogP contribution >= 0.6 is 27.7 Å². The molecule has 22 heavy (non-hydrogen) atoms. The van der Waals surface area contributed by atoms with Crippen LogP contribution in [-0.4, -0.2) is 33.8 Å². The molecule has 1 heterocycles. The van der Waals surface area contributed by atoms with Crippen molar-refractivity contribution < 1.29 is 18.7 Å². The number of esters is 1. The third kappa shape index (κ3) is 4.17. The first kappa shape index (κ1) is 16.7. The molecule has 0 aliphatic carbocycles. The van der Waals surface area contributed by atoms with Crippen LogP contribution in [0.4, 0.5) is 0 Å². The predicted molar refractivity (Wildman–Crippen MR) is 84.4 cm³/mol. The van der Waals surface area contributed by atoms with Crippen LogP contribution in [0.5, 0.6) is 0 Å². The first-order valence-electron chi connectivity index (χ1n) is 6.44. The minimum Gasteiger partial charge on any atom is -0.465 e. The Labute approximate surface area is 139 Å². The largest absolute Gasteiger partial charge is 0.465 e. The maximum Gasteiger partial charge on any atom is 0.327 e. The summed E-state index contributed by atoms with van der Waals surface area (Å²) in [4.78, 5) is 23.3. The highest BCUT2D eigenvalue weighted by atomic mass is 79.9. The average Bonchev–Trinajstić information content (AvgIpc) is 2.94. The molecule has 2 aromatic rings. The number of aromatic nitrogens is 2. The molecule has 6 nitrogen and oxygen atoms in total. The fourth-order valence-electron chi connectivity index (χ4n) is 1.58. The van der Waals surface area contributed by atoms with E-state index < -0.39 is 11.2 Å². The minimum absolute atomic E-state index is 0.145. The SMILES string of the molecule is CCOC(=O)C(Sc1nnc(-c2ccc(Br)cc2)o1)C(C)=O. The summed E-state index contributed by atoms with van der Waals surface area (Å²) < 4.78 is 11.3. The lowest BCUT2D eigenvalue weighted by Gasteiger charge is -2.09. The molecule has 0 spiro atoms. The van der Waals surface area contributed by atoms with Crippen molar-refractivity contribution in [1.82, 2.24) is 10.2 Å². The van der Waals surface area contributed by atoms with Crippen molar-refractivity contribution in [3.8, 4) is 11.5 Å². The lowest BCUT2D eigenvalue weighted by Crippen LogP contribution is -2.27. The molecule has 0 bridgehead atoms. The van der Waals surface area contributed by atoms with E-state index in [0.29, 0.717) is 5.89 Å². The van der Waals surface area contributed by atoms with Crippen LogP contribution in [-0.2, 0) is 14.3 Å². The van der Waals surface area contributed by atoms with Gasteiger partial charge in [0.1, 0.15) is 0 Å². The lowest BCUT2D eigenvalue weighted by atomic mass is 10.2. The van der Waals surface area contributed by atoms with Gasteiger partial charge in [-0.1, -0.05) is 15.9 Å². The van der Waals surface area contributed by atoms with Gasteiger partial charge in [0.15, 0.2) is 11.0 Å². The molecule has 0 aliphatic rings. The third-order valence-corrected chi connectivity index (χ3v) is 4.24. The van der Waals surface area contributed by atoms with E-state index in [0.717, 1.165) is 21.8 Å². The molecular weight excluding hydrogens is 372 g/mol. The Hall–Kier alpha value is -1.67. The molecule has 0 radical (unpaired) electrons. The second kappa shape index (κ2) is 7.55. The summed E-state index contributed by atoms with van der Waals surface area (Å²) >= 11 is 4.23. The van der Waals surface area contributed by atoms with E-state index in [1.54, 1.807) is 6.92 Å². The molecule has 116 valence electrons. The van der Waals surface area contributed by atoms with Gasteiger partial charge in [-0.3, -0.25) is 9.59 Å². The Balaban J connectivity index is 2.15. The van der Waals surface area contributed by atoms with Crippen molar-refractivity contribution in [2.24, 2.45) is 0 Å². The lowest BCUT2D eigenvalue weighted by molar-refractivity contribution is -0.144. The molecule has 1 aromatic heterocycles. The molecule has 1 atom stereocenters. The van der Waals surface area contributed by atoms with Crippen molar-refractivity contribution >= 4 is 39.4 Å². The molecule has 0 saturated heterocycles. The molecule has 0 aliphatic heterocycles. The Morgan fingerprint density at radius 3 is 2.59 bits per heavy atom. The number of rotatable bonds is 6. The fourth-order valence-corrected chi connectivity index (χ4v) is 2.59. The van der Waals surface area contributed by atoms with Gasteiger partial charge in [0, 0.05) is 10.0 Å². The van der Waals surface area contributed by atoms with Crippen LogP contribution in [0.15, 0.2) is 38.4 Å². The maximum absolute atomic E-state index is 11.7. The van der Waals surface area contributed by atoms with Gasteiger partial charge in [-0.05, 0) is 49.9 Å². The number of nitrogens with zero attached hydrogens (tertiary/aromatic N) is 2. The van der Waals surface area contributed by atoms with Crippen molar-refractivity contribution in [1.29, 1.82) is 0 Å². The van der Waals surface area contributed by atoms with Gasteiger partial charge in [-0.25, -0.2) is 0 Å². The first-order chi connectivity index (χ1) is 10.5. The Kier molecular flexibility index (Phi) is 5.73. The van der Waals surface area contributed by atoms with Gasteiger partial charge in [0.05, 0.1) is 6.61 Å². The van der Waals surface area contributed by atoms with E-state index in [2.05, 4.69) is 26.1 Å². The Morgan fingerprint density at radius 2 is 2.00 bits per heavy atom. The molecule has 2 rings (SSSR count). The number of thioether (sulfide) groups is 1. The fraction of sp³-hybridized carbons (Fsp3) is 0.286. The highest BCUT2D eigenvalue weighted by Gasteiger charge is 2.28. The maximum atomic E-state index is 11.7. The Morgan fingerprint density at radius 1 is 1.32 bits per heavy atom. The van der Waals surface area contributed by atoms with Crippen LogP contribution in [0, 0.1) is 0 Å². The summed E-state index contributed by atoms with van der Waals surface area (Å²) in [6, 6.07) is 7.34. The van der Waals surface area contributed by atoms with Crippen LogP contribution in [0.1, 0.15) is 13.8 Å². The van der Waals surface area contributed by atoms with E-state index in [1.165, 1.54) is 6.92 Å². The van der Waals surface area contributed by atoms with Crippen molar-refractivity contribution in [2.75, 3.05) is 6.61 Å². The number of ketones is 1. The predicted octanol–water partition coefficient (Wildman–Crippen LogP) is 3.11. The van der Waals surface area contributed by atoms with Crippen LogP contribution in [0.2, 0.25) is 0 Å². The van der Waals surface area contributed by atoms with E-state index >= 15 is 0 Å². The number of Topliss-reactive ketones (excluding diaryl/α,β-unsaturated/α-hetero) is 1. The highest BCUT2D eigenvalue weighted by molar-refractivity contribution is 9.10.